The summed E-state index contributed by atoms with van der Waals surface area (Å²) in [6.07, 6.45) is 0. The maximum atomic E-state index is 8.80. The summed E-state index contributed by atoms with van der Waals surface area (Å²) in [6, 6.07) is 15.9. The molecule has 0 fully saturated rings. The molecule has 1 heterocycles. The Labute approximate surface area is 99.0 Å². The van der Waals surface area contributed by atoms with E-state index in [4.69, 9.17) is 5.26 Å². The van der Waals surface area contributed by atoms with E-state index in [0.717, 1.165) is 15.6 Å². The first-order valence-electron chi connectivity index (χ1n) is 4.90. The molecule has 3 heteroatoms. The Balaban J connectivity index is 2.24. The third kappa shape index (κ3) is 2.41. The van der Waals surface area contributed by atoms with Gasteiger partial charge in [-0.2, -0.15) is 5.26 Å². The van der Waals surface area contributed by atoms with E-state index in [1.54, 1.807) is 11.8 Å². The zero-order valence-corrected chi connectivity index (χ0v) is 9.66. The molecule has 16 heavy (non-hydrogen) atoms. The second-order valence-electron chi connectivity index (χ2n) is 3.31. The Kier molecular flexibility index (Phi) is 3.23. The summed E-state index contributed by atoms with van der Waals surface area (Å²) < 4.78 is 0. The number of rotatable bonds is 2. The lowest BCUT2D eigenvalue weighted by Gasteiger charge is -2.02. The van der Waals surface area contributed by atoms with Crippen LogP contribution in [0.4, 0.5) is 0 Å². The van der Waals surface area contributed by atoms with E-state index in [0.29, 0.717) is 5.56 Å². The number of aryl methyl sites for hydroxylation is 1. The first kappa shape index (κ1) is 10.7. The summed E-state index contributed by atoms with van der Waals surface area (Å²) in [5.74, 6) is 0. The molecule has 0 aliphatic heterocycles. The minimum atomic E-state index is 0.636. The Hall–Kier alpha value is -1.79. The number of aromatic nitrogens is 1. The highest BCUT2D eigenvalue weighted by atomic mass is 32.2. The highest BCUT2D eigenvalue weighted by Gasteiger charge is 2.02. The van der Waals surface area contributed by atoms with Crippen molar-refractivity contribution in [3.8, 4) is 6.07 Å². The van der Waals surface area contributed by atoms with Gasteiger partial charge in [0.1, 0.15) is 11.1 Å². The molecular weight excluding hydrogens is 216 g/mol. The Morgan fingerprint density at radius 2 is 1.88 bits per heavy atom. The number of hydrogen-bond acceptors (Lipinski definition) is 3. The lowest BCUT2D eigenvalue weighted by Crippen LogP contribution is -1.89. The zero-order valence-electron chi connectivity index (χ0n) is 8.84. The molecule has 0 spiro atoms. The normalized spacial score (nSPS) is 9.75. The third-order valence-corrected chi connectivity index (χ3v) is 3.09. The van der Waals surface area contributed by atoms with Gasteiger partial charge in [-0.15, -0.1) is 0 Å². The minimum absolute atomic E-state index is 0.636. The van der Waals surface area contributed by atoms with Gasteiger partial charge in [-0.3, -0.25) is 0 Å². The predicted octanol–water partition coefficient (Wildman–Crippen LogP) is 3.41. The molecule has 0 radical (unpaired) electrons. The van der Waals surface area contributed by atoms with Gasteiger partial charge >= 0.3 is 0 Å². The molecule has 0 bridgehead atoms. The molecule has 0 saturated heterocycles. The highest BCUT2D eigenvalue weighted by Crippen LogP contribution is 2.26. The summed E-state index contributed by atoms with van der Waals surface area (Å²) in [7, 11) is 0. The number of nitrogens with zero attached hydrogens (tertiary/aromatic N) is 2. The fraction of sp³-hybridized carbons (Fsp3) is 0.0769. The summed E-state index contributed by atoms with van der Waals surface area (Å²) in [5.41, 5.74) is 1.42. The van der Waals surface area contributed by atoms with Crippen LogP contribution in [0.25, 0.3) is 0 Å². The van der Waals surface area contributed by atoms with Gasteiger partial charge in [0.15, 0.2) is 0 Å². The topological polar surface area (TPSA) is 36.7 Å². The van der Waals surface area contributed by atoms with Crippen LogP contribution in [-0.2, 0) is 0 Å². The van der Waals surface area contributed by atoms with Crippen LogP contribution in [-0.4, -0.2) is 4.98 Å². The lowest BCUT2D eigenvalue weighted by molar-refractivity contribution is 1.05. The van der Waals surface area contributed by atoms with Gasteiger partial charge in [-0.25, -0.2) is 4.98 Å². The molecule has 0 aliphatic rings. The van der Waals surface area contributed by atoms with Crippen molar-refractivity contribution in [2.45, 2.75) is 16.8 Å². The van der Waals surface area contributed by atoms with Crippen LogP contribution in [0, 0.1) is 18.3 Å². The van der Waals surface area contributed by atoms with E-state index >= 15 is 0 Å². The van der Waals surface area contributed by atoms with Crippen molar-refractivity contribution in [2.24, 2.45) is 0 Å². The van der Waals surface area contributed by atoms with Crippen molar-refractivity contribution < 1.29 is 0 Å². The molecule has 78 valence electrons. The number of hydrogen-bond donors (Lipinski definition) is 0. The molecule has 2 aromatic rings. The number of pyridine rings is 1. The Morgan fingerprint density at radius 1 is 1.12 bits per heavy atom. The number of benzene rings is 1. The maximum absolute atomic E-state index is 8.80. The van der Waals surface area contributed by atoms with Crippen molar-refractivity contribution in [1.82, 2.24) is 4.98 Å². The first-order valence-corrected chi connectivity index (χ1v) is 5.72. The van der Waals surface area contributed by atoms with Gasteiger partial charge in [0, 0.05) is 4.90 Å². The van der Waals surface area contributed by atoms with E-state index in [-0.39, 0.29) is 0 Å². The molecule has 0 atom stereocenters. The van der Waals surface area contributed by atoms with Crippen LogP contribution in [0.5, 0.6) is 0 Å². The van der Waals surface area contributed by atoms with Crippen LogP contribution in [0.15, 0.2) is 52.4 Å². The van der Waals surface area contributed by atoms with E-state index in [2.05, 4.69) is 11.1 Å². The largest absolute Gasteiger partial charge is 0.245 e. The van der Waals surface area contributed by atoms with Crippen LogP contribution in [0.2, 0.25) is 0 Å². The van der Waals surface area contributed by atoms with Gasteiger partial charge in [-0.1, -0.05) is 30.0 Å². The fourth-order valence-electron chi connectivity index (χ4n) is 1.32. The SMILES string of the molecule is Cc1nc(Sc2ccccc2)ccc1C#N. The van der Waals surface area contributed by atoms with Gasteiger partial charge in [-0.05, 0) is 31.2 Å². The lowest BCUT2D eigenvalue weighted by atomic mass is 10.2. The van der Waals surface area contributed by atoms with Crippen LogP contribution in [0.3, 0.4) is 0 Å². The Bertz CT molecular complexity index is 529. The van der Waals surface area contributed by atoms with Gasteiger partial charge in [0.05, 0.1) is 11.3 Å². The van der Waals surface area contributed by atoms with Crippen molar-refractivity contribution >= 4 is 11.8 Å². The van der Waals surface area contributed by atoms with Gasteiger partial charge < -0.3 is 0 Å². The molecular formula is C13H10N2S. The van der Waals surface area contributed by atoms with E-state index < -0.39 is 0 Å². The smallest absolute Gasteiger partial charge is 0.101 e. The molecule has 0 unspecified atom stereocenters. The van der Waals surface area contributed by atoms with Gasteiger partial charge in [0.25, 0.3) is 0 Å². The quantitative estimate of drug-likeness (QED) is 0.787. The predicted molar refractivity (Wildman–Crippen MR) is 64.3 cm³/mol. The van der Waals surface area contributed by atoms with Crippen LogP contribution >= 0.6 is 11.8 Å². The molecule has 0 N–H and O–H groups in total. The van der Waals surface area contributed by atoms with Crippen LogP contribution < -0.4 is 0 Å². The molecule has 0 amide bonds. The summed E-state index contributed by atoms with van der Waals surface area (Å²) in [4.78, 5) is 5.53. The standard InChI is InChI=1S/C13H10N2S/c1-10-11(9-14)7-8-13(15-10)16-12-5-3-2-4-6-12/h2-8H,1H3. The Morgan fingerprint density at radius 3 is 2.50 bits per heavy atom. The average molecular weight is 226 g/mol. The van der Waals surface area contributed by atoms with Crippen molar-refractivity contribution in [3.63, 3.8) is 0 Å². The summed E-state index contributed by atoms with van der Waals surface area (Å²) in [6.45, 7) is 1.85. The molecule has 2 nitrogen and oxygen atoms in total. The van der Waals surface area contributed by atoms with Crippen LogP contribution in [0.1, 0.15) is 11.3 Å². The van der Waals surface area contributed by atoms with E-state index in [1.807, 2.05) is 49.4 Å². The fourth-order valence-corrected chi connectivity index (χ4v) is 2.18. The van der Waals surface area contributed by atoms with Crippen molar-refractivity contribution in [1.29, 1.82) is 5.26 Å². The van der Waals surface area contributed by atoms with Crippen molar-refractivity contribution in [2.75, 3.05) is 0 Å². The van der Waals surface area contributed by atoms with E-state index in [1.165, 1.54) is 0 Å². The molecule has 0 saturated carbocycles. The average Bonchev–Trinajstić information content (AvgIpc) is 2.31. The highest BCUT2D eigenvalue weighted by molar-refractivity contribution is 7.99. The zero-order chi connectivity index (χ0) is 11.4. The molecule has 1 aromatic carbocycles. The molecule has 2 rings (SSSR count). The minimum Gasteiger partial charge on any atom is -0.245 e. The second-order valence-corrected chi connectivity index (χ2v) is 4.40. The first-order chi connectivity index (χ1) is 7.79. The monoisotopic (exact) mass is 226 g/mol. The maximum Gasteiger partial charge on any atom is 0.101 e. The van der Waals surface area contributed by atoms with E-state index in [9.17, 15) is 0 Å². The summed E-state index contributed by atoms with van der Waals surface area (Å²) >= 11 is 1.60. The number of nitriles is 1. The second kappa shape index (κ2) is 4.82. The third-order valence-electron chi connectivity index (χ3n) is 2.15. The summed E-state index contributed by atoms with van der Waals surface area (Å²) in [5, 5.41) is 9.72. The van der Waals surface area contributed by atoms with Gasteiger partial charge in [0.2, 0.25) is 0 Å². The van der Waals surface area contributed by atoms with Crippen molar-refractivity contribution in [3.05, 3.63) is 53.7 Å². The molecule has 0 aliphatic carbocycles. The molecule has 1 aromatic heterocycles.